The van der Waals surface area contributed by atoms with Crippen molar-refractivity contribution in [3.05, 3.63) is 35.6 Å². The van der Waals surface area contributed by atoms with Gasteiger partial charge in [-0.2, -0.15) is 0 Å². The van der Waals surface area contributed by atoms with Crippen molar-refractivity contribution in [1.29, 1.82) is 0 Å². The molecule has 2 rings (SSSR count). The molecule has 4 heteroatoms. The molecule has 0 heterocycles. The summed E-state index contributed by atoms with van der Waals surface area (Å²) in [7, 11) is 0. The van der Waals surface area contributed by atoms with E-state index in [4.69, 9.17) is 10.5 Å². The Morgan fingerprint density at radius 3 is 2.72 bits per heavy atom. The molecule has 0 bridgehead atoms. The zero-order chi connectivity index (χ0) is 13.0. The van der Waals surface area contributed by atoms with Gasteiger partial charge in [-0.15, -0.1) is 0 Å². The zero-order valence-corrected chi connectivity index (χ0v) is 10.4. The second-order valence-corrected chi connectivity index (χ2v) is 5.07. The highest BCUT2D eigenvalue weighted by atomic mass is 19.1. The van der Waals surface area contributed by atoms with Crippen molar-refractivity contribution in [2.45, 2.75) is 44.0 Å². The smallest absolute Gasteiger partial charge is 0.123 e. The van der Waals surface area contributed by atoms with Gasteiger partial charge in [0, 0.05) is 6.54 Å². The maximum absolute atomic E-state index is 13.0. The lowest BCUT2D eigenvalue weighted by Crippen LogP contribution is -2.42. The molecule has 0 aliphatic heterocycles. The zero-order valence-electron chi connectivity index (χ0n) is 10.4. The molecule has 1 saturated carbocycles. The fourth-order valence-corrected chi connectivity index (χ4v) is 2.34. The Hall–Kier alpha value is -0.970. The number of aliphatic hydroxyl groups is 1. The van der Waals surface area contributed by atoms with Gasteiger partial charge in [0.15, 0.2) is 0 Å². The number of ether oxygens (including phenoxy) is 1. The summed E-state index contributed by atoms with van der Waals surface area (Å²) in [6, 6.07) is 6.44. The SMILES string of the molecule is NCC1(O)CCC(OCc2cccc(F)c2)CC1. The lowest BCUT2D eigenvalue weighted by atomic mass is 9.83. The number of halogens is 1. The van der Waals surface area contributed by atoms with Gasteiger partial charge in [-0.1, -0.05) is 12.1 Å². The van der Waals surface area contributed by atoms with Gasteiger partial charge in [0.05, 0.1) is 18.3 Å². The standard InChI is InChI=1S/C14H20FNO2/c15-12-3-1-2-11(8-12)9-18-13-4-6-14(17,10-16)7-5-13/h1-3,8,13,17H,4-7,9-10,16H2. The third kappa shape index (κ3) is 3.51. The van der Waals surface area contributed by atoms with E-state index in [1.165, 1.54) is 12.1 Å². The third-order valence-electron chi connectivity index (χ3n) is 3.62. The van der Waals surface area contributed by atoms with Gasteiger partial charge in [-0.05, 0) is 43.4 Å². The molecule has 0 amide bonds. The number of benzene rings is 1. The Morgan fingerprint density at radius 1 is 1.39 bits per heavy atom. The Labute approximate surface area is 107 Å². The highest BCUT2D eigenvalue weighted by Crippen LogP contribution is 2.29. The molecular formula is C14H20FNO2. The van der Waals surface area contributed by atoms with E-state index in [2.05, 4.69) is 0 Å². The largest absolute Gasteiger partial charge is 0.389 e. The molecule has 0 spiro atoms. The number of rotatable bonds is 4. The minimum atomic E-state index is -0.710. The molecule has 0 radical (unpaired) electrons. The van der Waals surface area contributed by atoms with Crippen LogP contribution in [0.1, 0.15) is 31.2 Å². The molecule has 1 aliphatic rings. The number of hydrogen-bond acceptors (Lipinski definition) is 3. The summed E-state index contributed by atoms with van der Waals surface area (Å²) < 4.78 is 18.7. The van der Waals surface area contributed by atoms with Crippen LogP contribution in [0.2, 0.25) is 0 Å². The minimum Gasteiger partial charge on any atom is -0.389 e. The van der Waals surface area contributed by atoms with Crippen LogP contribution in [0.25, 0.3) is 0 Å². The summed E-state index contributed by atoms with van der Waals surface area (Å²) >= 11 is 0. The van der Waals surface area contributed by atoms with Crippen molar-refractivity contribution in [3.63, 3.8) is 0 Å². The van der Waals surface area contributed by atoms with Crippen molar-refractivity contribution >= 4 is 0 Å². The quantitative estimate of drug-likeness (QED) is 0.862. The van der Waals surface area contributed by atoms with Gasteiger partial charge in [0.1, 0.15) is 5.82 Å². The fourth-order valence-electron chi connectivity index (χ4n) is 2.34. The van der Waals surface area contributed by atoms with Crippen molar-refractivity contribution < 1.29 is 14.2 Å². The minimum absolute atomic E-state index is 0.139. The predicted octanol–water partition coefficient (Wildman–Crippen LogP) is 1.97. The van der Waals surface area contributed by atoms with E-state index >= 15 is 0 Å². The molecule has 100 valence electrons. The Morgan fingerprint density at radius 2 is 2.11 bits per heavy atom. The van der Waals surface area contributed by atoms with Gasteiger partial charge in [-0.25, -0.2) is 4.39 Å². The maximum Gasteiger partial charge on any atom is 0.123 e. The monoisotopic (exact) mass is 253 g/mol. The summed E-state index contributed by atoms with van der Waals surface area (Å²) in [4.78, 5) is 0. The van der Waals surface area contributed by atoms with E-state index in [0.29, 0.717) is 26.0 Å². The van der Waals surface area contributed by atoms with E-state index in [9.17, 15) is 9.50 Å². The van der Waals surface area contributed by atoms with Crippen LogP contribution in [-0.4, -0.2) is 23.4 Å². The lowest BCUT2D eigenvalue weighted by Gasteiger charge is -2.34. The van der Waals surface area contributed by atoms with Crippen LogP contribution in [0.5, 0.6) is 0 Å². The first kappa shape index (κ1) is 13.5. The summed E-state index contributed by atoms with van der Waals surface area (Å²) in [6.45, 7) is 0.729. The molecular weight excluding hydrogens is 233 g/mol. The van der Waals surface area contributed by atoms with E-state index in [-0.39, 0.29) is 11.9 Å². The summed E-state index contributed by atoms with van der Waals surface area (Å²) in [6.07, 6.45) is 3.11. The van der Waals surface area contributed by atoms with Gasteiger partial charge in [0.2, 0.25) is 0 Å². The van der Waals surface area contributed by atoms with Gasteiger partial charge >= 0.3 is 0 Å². The average molecular weight is 253 g/mol. The summed E-state index contributed by atoms with van der Waals surface area (Å²) in [5.41, 5.74) is 5.66. The van der Waals surface area contributed by atoms with Crippen molar-refractivity contribution in [2.24, 2.45) is 5.73 Å². The molecule has 1 aromatic carbocycles. The van der Waals surface area contributed by atoms with Gasteiger partial charge in [-0.3, -0.25) is 0 Å². The Bertz CT molecular complexity index is 389. The van der Waals surface area contributed by atoms with E-state index in [1.807, 2.05) is 6.07 Å². The van der Waals surface area contributed by atoms with Crippen LogP contribution in [0.3, 0.4) is 0 Å². The topological polar surface area (TPSA) is 55.5 Å². The van der Waals surface area contributed by atoms with E-state index < -0.39 is 5.60 Å². The lowest BCUT2D eigenvalue weighted by molar-refractivity contribution is -0.0554. The van der Waals surface area contributed by atoms with Crippen LogP contribution in [-0.2, 0) is 11.3 Å². The molecule has 0 aromatic heterocycles. The van der Waals surface area contributed by atoms with Crippen LogP contribution in [0.4, 0.5) is 4.39 Å². The molecule has 0 unspecified atom stereocenters. The molecule has 18 heavy (non-hydrogen) atoms. The fraction of sp³-hybridized carbons (Fsp3) is 0.571. The van der Waals surface area contributed by atoms with Crippen molar-refractivity contribution in [1.82, 2.24) is 0 Å². The molecule has 0 atom stereocenters. The highest BCUT2D eigenvalue weighted by Gasteiger charge is 2.32. The molecule has 0 saturated heterocycles. The number of hydrogen-bond donors (Lipinski definition) is 2. The molecule has 1 aromatic rings. The first-order valence-corrected chi connectivity index (χ1v) is 6.40. The highest BCUT2D eigenvalue weighted by molar-refractivity contribution is 5.15. The third-order valence-corrected chi connectivity index (χ3v) is 3.62. The van der Waals surface area contributed by atoms with Crippen LogP contribution < -0.4 is 5.73 Å². The predicted molar refractivity (Wildman–Crippen MR) is 67.4 cm³/mol. The second-order valence-electron chi connectivity index (χ2n) is 5.07. The summed E-state index contributed by atoms with van der Waals surface area (Å²) in [5, 5.41) is 9.99. The average Bonchev–Trinajstić information content (AvgIpc) is 2.38. The first-order chi connectivity index (χ1) is 8.61. The van der Waals surface area contributed by atoms with Crippen LogP contribution in [0.15, 0.2) is 24.3 Å². The normalized spacial score (nSPS) is 28.3. The van der Waals surface area contributed by atoms with Crippen molar-refractivity contribution in [3.8, 4) is 0 Å². The van der Waals surface area contributed by atoms with Crippen molar-refractivity contribution in [2.75, 3.05) is 6.54 Å². The molecule has 3 nitrogen and oxygen atoms in total. The van der Waals surface area contributed by atoms with Gasteiger partial charge < -0.3 is 15.6 Å². The summed E-state index contributed by atoms with van der Waals surface area (Å²) in [5.74, 6) is -0.239. The number of nitrogens with two attached hydrogens (primary N) is 1. The van der Waals surface area contributed by atoms with Crippen LogP contribution >= 0.6 is 0 Å². The maximum atomic E-state index is 13.0. The van der Waals surface area contributed by atoms with Gasteiger partial charge in [0.25, 0.3) is 0 Å². The first-order valence-electron chi connectivity index (χ1n) is 6.40. The van der Waals surface area contributed by atoms with E-state index in [1.54, 1.807) is 6.07 Å². The molecule has 1 fully saturated rings. The second kappa shape index (κ2) is 5.78. The Kier molecular flexibility index (Phi) is 4.32. The van der Waals surface area contributed by atoms with E-state index in [0.717, 1.165) is 18.4 Å². The Balaban J connectivity index is 1.79. The molecule has 1 aliphatic carbocycles. The van der Waals surface area contributed by atoms with Crippen LogP contribution in [0, 0.1) is 5.82 Å². The molecule has 3 N–H and O–H groups in total.